The average Bonchev–Trinajstić information content (AvgIpc) is 3.30. The predicted octanol–water partition coefficient (Wildman–Crippen LogP) is 1.32. The first-order chi connectivity index (χ1) is 13.4. The first-order valence-electron chi connectivity index (χ1n) is 9.60. The monoisotopic (exact) mass is 404 g/mol. The smallest absolute Gasteiger partial charge is 0.259 e. The van der Waals surface area contributed by atoms with E-state index in [-0.39, 0.29) is 23.4 Å². The number of rotatable bonds is 4. The van der Waals surface area contributed by atoms with Gasteiger partial charge in [0.1, 0.15) is 16.8 Å². The molecule has 2 aliphatic heterocycles. The van der Waals surface area contributed by atoms with Crippen LogP contribution in [-0.2, 0) is 16.1 Å². The molecule has 8 nitrogen and oxygen atoms in total. The normalized spacial score (nSPS) is 20.8. The van der Waals surface area contributed by atoms with Gasteiger partial charge in [0.05, 0.1) is 16.8 Å². The average molecular weight is 404 g/mol. The van der Waals surface area contributed by atoms with Crippen LogP contribution in [-0.4, -0.2) is 70.3 Å². The van der Waals surface area contributed by atoms with Crippen molar-refractivity contribution < 1.29 is 14.3 Å². The molecule has 0 aromatic carbocycles. The molecule has 2 aromatic heterocycles. The van der Waals surface area contributed by atoms with Crippen molar-refractivity contribution in [3.8, 4) is 0 Å². The Kier molecular flexibility index (Phi) is 5.31. The lowest BCUT2D eigenvalue weighted by Gasteiger charge is -2.35. The van der Waals surface area contributed by atoms with E-state index in [0.29, 0.717) is 52.7 Å². The minimum Gasteiger partial charge on any atom is -0.368 e. The summed E-state index contributed by atoms with van der Waals surface area (Å²) in [5.74, 6) is 0.636. The number of hydrogen-bond acceptors (Lipinski definition) is 7. The van der Waals surface area contributed by atoms with E-state index in [1.54, 1.807) is 6.92 Å². The van der Waals surface area contributed by atoms with Crippen molar-refractivity contribution in [1.29, 1.82) is 0 Å². The number of H-pyrrole nitrogens is 1. The molecular weight excluding hydrogens is 380 g/mol. The number of aromatic amines is 1. The molecule has 2 aromatic rings. The SMILES string of the molecule is CC(=O)c1sc2nc(CN3CCN(C(=O)C4CCCO4)CC3)[nH]c(=O)c2c1C. The van der Waals surface area contributed by atoms with Gasteiger partial charge >= 0.3 is 0 Å². The third-order valence-electron chi connectivity index (χ3n) is 5.43. The van der Waals surface area contributed by atoms with E-state index < -0.39 is 0 Å². The van der Waals surface area contributed by atoms with Gasteiger partial charge in [-0.2, -0.15) is 0 Å². The second-order valence-corrected chi connectivity index (χ2v) is 8.41. The van der Waals surface area contributed by atoms with Crippen molar-refractivity contribution in [2.24, 2.45) is 0 Å². The summed E-state index contributed by atoms with van der Waals surface area (Å²) in [4.78, 5) is 49.4. The van der Waals surface area contributed by atoms with E-state index in [4.69, 9.17) is 4.74 Å². The lowest BCUT2D eigenvalue weighted by Crippen LogP contribution is -2.51. The number of carbonyl (C=O) groups is 2. The Balaban J connectivity index is 1.44. The van der Waals surface area contributed by atoms with Crippen molar-refractivity contribution in [1.82, 2.24) is 19.8 Å². The summed E-state index contributed by atoms with van der Waals surface area (Å²) in [7, 11) is 0. The summed E-state index contributed by atoms with van der Waals surface area (Å²) >= 11 is 1.27. The number of amides is 1. The number of aromatic nitrogens is 2. The number of fused-ring (bicyclic) bond motifs is 1. The van der Waals surface area contributed by atoms with Gasteiger partial charge in [-0.15, -0.1) is 11.3 Å². The molecule has 2 fully saturated rings. The van der Waals surface area contributed by atoms with Gasteiger partial charge in [-0.3, -0.25) is 19.3 Å². The second-order valence-electron chi connectivity index (χ2n) is 7.41. The molecular formula is C19H24N4O4S. The minimum atomic E-state index is -0.274. The summed E-state index contributed by atoms with van der Waals surface area (Å²) in [5, 5.41) is 0.505. The van der Waals surface area contributed by atoms with E-state index in [2.05, 4.69) is 14.9 Å². The summed E-state index contributed by atoms with van der Waals surface area (Å²) in [5.41, 5.74) is 0.502. The van der Waals surface area contributed by atoms with Crippen LogP contribution in [0.1, 0.15) is 40.8 Å². The summed E-state index contributed by atoms with van der Waals surface area (Å²) in [6.07, 6.45) is 1.49. The quantitative estimate of drug-likeness (QED) is 0.772. The van der Waals surface area contributed by atoms with E-state index in [0.717, 1.165) is 25.9 Å². The van der Waals surface area contributed by atoms with Gasteiger partial charge < -0.3 is 14.6 Å². The predicted molar refractivity (Wildman–Crippen MR) is 106 cm³/mol. The van der Waals surface area contributed by atoms with Gasteiger partial charge in [0, 0.05) is 32.8 Å². The molecule has 1 amide bonds. The van der Waals surface area contributed by atoms with Crippen LogP contribution in [0.5, 0.6) is 0 Å². The van der Waals surface area contributed by atoms with Crippen LogP contribution in [0.4, 0.5) is 0 Å². The molecule has 9 heteroatoms. The Bertz CT molecular complexity index is 968. The highest BCUT2D eigenvalue weighted by Crippen LogP contribution is 2.27. The van der Waals surface area contributed by atoms with Crippen LogP contribution >= 0.6 is 11.3 Å². The second kappa shape index (κ2) is 7.73. The Labute approximate surface area is 166 Å². The van der Waals surface area contributed by atoms with E-state index >= 15 is 0 Å². The number of ketones is 1. The van der Waals surface area contributed by atoms with Crippen molar-refractivity contribution in [3.05, 3.63) is 26.6 Å². The highest BCUT2D eigenvalue weighted by molar-refractivity contribution is 7.20. The molecule has 0 saturated carbocycles. The number of piperazine rings is 1. The summed E-state index contributed by atoms with van der Waals surface area (Å²) in [6, 6.07) is 0. The lowest BCUT2D eigenvalue weighted by molar-refractivity contribution is -0.142. The highest BCUT2D eigenvalue weighted by atomic mass is 32.1. The molecule has 28 heavy (non-hydrogen) atoms. The third-order valence-corrected chi connectivity index (χ3v) is 6.72. The standard InChI is InChI=1S/C19H24N4O4S/c1-11-15-17(25)20-14(21-18(15)28-16(11)12(2)24)10-22-5-7-23(8-6-22)19(26)13-4-3-9-27-13/h13H,3-10H2,1-2H3,(H,20,21,25). The first-order valence-corrected chi connectivity index (χ1v) is 10.4. The Morgan fingerprint density at radius 2 is 2.04 bits per heavy atom. The van der Waals surface area contributed by atoms with Crippen LogP contribution in [0.15, 0.2) is 4.79 Å². The topological polar surface area (TPSA) is 95.6 Å². The fourth-order valence-corrected chi connectivity index (χ4v) is 5.01. The van der Waals surface area contributed by atoms with Gasteiger partial charge in [-0.05, 0) is 32.3 Å². The van der Waals surface area contributed by atoms with E-state index in [1.807, 2.05) is 4.90 Å². The number of hydrogen-bond donors (Lipinski definition) is 1. The molecule has 4 rings (SSSR count). The molecule has 1 unspecified atom stereocenters. The van der Waals surface area contributed by atoms with Gasteiger partial charge in [0.25, 0.3) is 11.5 Å². The third kappa shape index (κ3) is 3.61. The van der Waals surface area contributed by atoms with Gasteiger partial charge in [0.15, 0.2) is 5.78 Å². The maximum absolute atomic E-state index is 12.5. The number of thiophene rings is 1. The number of carbonyl (C=O) groups excluding carboxylic acids is 2. The van der Waals surface area contributed by atoms with Gasteiger partial charge in [0.2, 0.25) is 0 Å². The van der Waals surface area contributed by atoms with Crippen molar-refractivity contribution in [2.45, 2.75) is 39.3 Å². The minimum absolute atomic E-state index is 0.0477. The fourth-order valence-electron chi connectivity index (χ4n) is 3.91. The Morgan fingerprint density at radius 1 is 1.29 bits per heavy atom. The van der Waals surface area contributed by atoms with Crippen LogP contribution in [0.25, 0.3) is 10.2 Å². The number of Topliss-reactive ketones (excluding diaryl/α,β-unsaturated/α-hetero) is 1. The molecule has 1 atom stereocenters. The Morgan fingerprint density at radius 3 is 2.68 bits per heavy atom. The van der Waals surface area contributed by atoms with Gasteiger partial charge in [-0.1, -0.05) is 0 Å². The molecule has 4 heterocycles. The van der Waals surface area contributed by atoms with E-state index in [1.165, 1.54) is 18.3 Å². The molecule has 150 valence electrons. The number of aryl methyl sites for hydroxylation is 1. The first kappa shape index (κ1) is 19.2. The van der Waals surface area contributed by atoms with E-state index in [9.17, 15) is 14.4 Å². The molecule has 0 radical (unpaired) electrons. The summed E-state index contributed by atoms with van der Waals surface area (Å²) < 4.78 is 5.50. The molecule has 0 spiro atoms. The van der Waals surface area contributed by atoms with Crippen molar-refractivity contribution >= 4 is 33.2 Å². The van der Waals surface area contributed by atoms with Crippen LogP contribution in [0.3, 0.4) is 0 Å². The molecule has 2 aliphatic rings. The van der Waals surface area contributed by atoms with Crippen LogP contribution < -0.4 is 5.56 Å². The van der Waals surface area contributed by atoms with Crippen molar-refractivity contribution in [3.63, 3.8) is 0 Å². The molecule has 1 N–H and O–H groups in total. The molecule has 2 saturated heterocycles. The largest absolute Gasteiger partial charge is 0.368 e. The Hall–Kier alpha value is -2.10. The maximum atomic E-state index is 12.5. The summed E-state index contributed by atoms with van der Waals surface area (Å²) in [6.45, 7) is 7.23. The van der Waals surface area contributed by atoms with Crippen LogP contribution in [0.2, 0.25) is 0 Å². The number of nitrogens with one attached hydrogen (secondary N) is 1. The number of ether oxygens (including phenoxy) is 1. The highest BCUT2D eigenvalue weighted by Gasteiger charge is 2.30. The maximum Gasteiger partial charge on any atom is 0.259 e. The lowest BCUT2D eigenvalue weighted by atomic mass is 10.2. The molecule has 0 aliphatic carbocycles. The van der Waals surface area contributed by atoms with Crippen molar-refractivity contribution in [2.75, 3.05) is 32.8 Å². The fraction of sp³-hybridized carbons (Fsp3) is 0.579. The van der Waals surface area contributed by atoms with Gasteiger partial charge in [-0.25, -0.2) is 4.98 Å². The molecule has 0 bridgehead atoms. The van der Waals surface area contributed by atoms with Crippen LogP contribution in [0, 0.1) is 6.92 Å². The zero-order valence-electron chi connectivity index (χ0n) is 16.1. The zero-order valence-corrected chi connectivity index (χ0v) is 16.9. The zero-order chi connectivity index (χ0) is 19.8. The number of nitrogens with zero attached hydrogens (tertiary/aromatic N) is 3.